The van der Waals surface area contributed by atoms with Crippen LogP contribution in [0.25, 0.3) is 0 Å². The second-order valence-electron chi connectivity index (χ2n) is 4.03. The van der Waals surface area contributed by atoms with Crippen LogP contribution in [0.5, 0.6) is 0 Å². The van der Waals surface area contributed by atoms with Crippen molar-refractivity contribution in [2.45, 2.75) is 13.0 Å². The van der Waals surface area contributed by atoms with Crippen LogP contribution < -0.4 is 11.1 Å². The predicted molar refractivity (Wildman–Crippen MR) is 70.0 cm³/mol. The fraction of sp³-hybridized carbons (Fsp3) is 0.545. The Balaban J connectivity index is 1.74. The molecular formula is C11H16N2OS2. The van der Waals surface area contributed by atoms with Gasteiger partial charge in [-0.2, -0.15) is 11.8 Å². The smallest absolute Gasteiger partial charge is 0.249 e. The summed E-state index contributed by atoms with van der Waals surface area (Å²) in [6.45, 7) is 1.93. The molecule has 88 valence electrons. The number of thiophene rings is 1. The van der Waals surface area contributed by atoms with Gasteiger partial charge in [-0.1, -0.05) is 0 Å². The average Bonchev–Trinajstić information content (AvgIpc) is 2.87. The first-order chi connectivity index (χ1) is 7.75. The fourth-order valence-electron chi connectivity index (χ4n) is 1.75. The van der Waals surface area contributed by atoms with Crippen molar-refractivity contribution in [3.63, 3.8) is 0 Å². The van der Waals surface area contributed by atoms with Crippen molar-refractivity contribution in [2.75, 3.05) is 18.1 Å². The largest absolute Gasteiger partial charge is 0.366 e. The Morgan fingerprint density at radius 3 is 3.12 bits per heavy atom. The molecule has 5 heteroatoms. The minimum Gasteiger partial charge on any atom is -0.366 e. The Morgan fingerprint density at radius 2 is 2.50 bits per heavy atom. The molecule has 0 aromatic carbocycles. The van der Waals surface area contributed by atoms with E-state index < -0.39 is 0 Å². The Kier molecular flexibility index (Phi) is 4.26. The van der Waals surface area contributed by atoms with Gasteiger partial charge in [0.1, 0.15) is 0 Å². The Hall–Kier alpha value is -0.520. The second-order valence-corrected chi connectivity index (χ2v) is 6.17. The SMILES string of the molecule is NC(=O)c1csc(CNCC2CCSC2)c1. The zero-order valence-corrected chi connectivity index (χ0v) is 10.7. The first-order valence-electron chi connectivity index (χ1n) is 5.41. The number of hydrogen-bond acceptors (Lipinski definition) is 4. The Morgan fingerprint density at radius 1 is 1.62 bits per heavy atom. The maximum absolute atomic E-state index is 10.9. The van der Waals surface area contributed by atoms with Crippen LogP contribution in [0.1, 0.15) is 21.7 Å². The first kappa shape index (κ1) is 12.0. The van der Waals surface area contributed by atoms with Crippen LogP contribution in [-0.4, -0.2) is 24.0 Å². The maximum Gasteiger partial charge on any atom is 0.249 e. The third kappa shape index (κ3) is 3.23. The van der Waals surface area contributed by atoms with Gasteiger partial charge in [-0.05, 0) is 36.5 Å². The second kappa shape index (κ2) is 5.70. The van der Waals surface area contributed by atoms with Gasteiger partial charge in [0.05, 0.1) is 5.56 Å². The lowest BCUT2D eigenvalue weighted by Gasteiger charge is -2.08. The Labute approximate surface area is 104 Å². The number of primary amides is 1. The molecule has 1 saturated heterocycles. The van der Waals surface area contributed by atoms with Crippen molar-refractivity contribution < 1.29 is 4.79 Å². The zero-order chi connectivity index (χ0) is 11.4. The molecule has 1 unspecified atom stereocenters. The highest BCUT2D eigenvalue weighted by Crippen LogP contribution is 2.22. The molecule has 1 aromatic rings. The number of carbonyl (C=O) groups is 1. The van der Waals surface area contributed by atoms with Crippen LogP contribution in [-0.2, 0) is 6.54 Å². The lowest BCUT2D eigenvalue weighted by Crippen LogP contribution is -2.21. The van der Waals surface area contributed by atoms with Gasteiger partial charge in [0.25, 0.3) is 0 Å². The number of carbonyl (C=O) groups excluding carboxylic acids is 1. The number of rotatable bonds is 5. The normalized spacial score (nSPS) is 20.1. The molecule has 1 aromatic heterocycles. The van der Waals surface area contributed by atoms with E-state index in [-0.39, 0.29) is 5.91 Å². The standard InChI is InChI=1S/C11H16N2OS2/c12-11(14)9-3-10(16-7-9)5-13-4-8-1-2-15-6-8/h3,7-8,13H,1-2,4-6H2,(H2,12,14). The van der Waals surface area contributed by atoms with E-state index in [2.05, 4.69) is 5.32 Å². The van der Waals surface area contributed by atoms with Crippen LogP contribution in [0.4, 0.5) is 0 Å². The number of hydrogen-bond donors (Lipinski definition) is 2. The summed E-state index contributed by atoms with van der Waals surface area (Å²) in [4.78, 5) is 12.1. The average molecular weight is 256 g/mol. The lowest BCUT2D eigenvalue weighted by atomic mass is 10.1. The summed E-state index contributed by atoms with van der Waals surface area (Å²) >= 11 is 3.63. The molecule has 1 fully saturated rings. The summed E-state index contributed by atoms with van der Waals surface area (Å²) in [5.74, 6) is 3.07. The summed E-state index contributed by atoms with van der Waals surface area (Å²) < 4.78 is 0. The molecule has 16 heavy (non-hydrogen) atoms. The number of nitrogens with two attached hydrogens (primary N) is 1. The van der Waals surface area contributed by atoms with Crippen LogP contribution in [0, 0.1) is 5.92 Å². The van der Waals surface area contributed by atoms with Crippen molar-refractivity contribution >= 4 is 29.0 Å². The van der Waals surface area contributed by atoms with Gasteiger partial charge in [-0.15, -0.1) is 11.3 Å². The maximum atomic E-state index is 10.9. The minimum absolute atomic E-state index is 0.338. The molecular weight excluding hydrogens is 240 g/mol. The van der Waals surface area contributed by atoms with E-state index in [9.17, 15) is 4.79 Å². The highest BCUT2D eigenvalue weighted by molar-refractivity contribution is 7.99. The van der Waals surface area contributed by atoms with Gasteiger partial charge in [0.15, 0.2) is 0 Å². The van der Waals surface area contributed by atoms with Crippen molar-refractivity contribution in [3.05, 3.63) is 21.9 Å². The molecule has 0 radical (unpaired) electrons. The van der Waals surface area contributed by atoms with Gasteiger partial charge in [0.2, 0.25) is 5.91 Å². The molecule has 0 aliphatic carbocycles. The van der Waals surface area contributed by atoms with E-state index in [1.54, 1.807) is 11.3 Å². The highest BCUT2D eigenvalue weighted by atomic mass is 32.2. The highest BCUT2D eigenvalue weighted by Gasteiger charge is 2.14. The molecule has 2 heterocycles. The van der Waals surface area contributed by atoms with Gasteiger partial charge in [-0.25, -0.2) is 0 Å². The molecule has 1 amide bonds. The molecule has 1 atom stereocenters. The number of amides is 1. The summed E-state index contributed by atoms with van der Waals surface area (Å²) in [5, 5.41) is 5.27. The van der Waals surface area contributed by atoms with E-state index in [0.717, 1.165) is 19.0 Å². The quantitative estimate of drug-likeness (QED) is 0.843. The molecule has 0 bridgehead atoms. The van der Waals surface area contributed by atoms with E-state index in [4.69, 9.17) is 5.73 Å². The van der Waals surface area contributed by atoms with Gasteiger partial charge >= 0.3 is 0 Å². The Bertz CT molecular complexity index is 359. The van der Waals surface area contributed by atoms with Gasteiger partial charge in [-0.3, -0.25) is 4.79 Å². The summed E-state index contributed by atoms with van der Waals surface area (Å²) in [7, 11) is 0. The number of thioether (sulfide) groups is 1. The van der Waals surface area contributed by atoms with E-state index in [1.165, 1.54) is 22.8 Å². The van der Waals surface area contributed by atoms with Crippen molar-refractivity contribution in [1.82, 2.24) is 5.32 Å². The molecule has 3 nitrogen and oxygen atoms in total. The van der Waals surface area contributed by atoms with Crippen molar-refractivity contribution in [3.8, 4) is 0 Å². The van der Waals surface area contributed by atoms with Crippen LogP contribution in [0.15, 0.2) is 11.4 Å². The summed E-state index contributed by atoms with van der Waals surface area (Å²) in [5.41, 5.74) is 5.82. The molecule has 2 rings (SSSR count). The third-order valence-electron chi connectivity index (χ3n) is 2.69. The number of nitrogens with one attached hydrogen (secondary N) is 1. The van der Waals surface area contributed by atoms with E-state index in [0.29, 0.717) is 5.56 Å². The van der Waals surface area contributed by atoms with Crippen LogP contribution in [0.3, 0.4) is 0 Å². The zero-order valence-electron chi connectivity index (χ0n) is 9.07. The van der Waals surface area contributed by atoms with E-state index >= 15 is 0 Å². The molecule has 0 spiro atoms. The first-order valence-corrected chi connectivity index (χ1v) is 7.45. The molecule has 0 saturated carbocycles. The van der Waals surface area contributed by atoms with Gasteiger partial charge < -0.3 is 11.1 Å². The molecule has 1 aliphatic heterocycles. The summed E-state index contributed by atoms with van der Waals surface area (Å²) in [6.07, 6.45) is 1.33. The molecule has 1 aliphatic rings. The lowest BCUT2D eigenvalue weighted by molar-refractivity contribution is 0.100. The monoisotopic (exact) mass is 256 g/mol. The van der Waals surface area contributed by atoms with Crippen LogP contribution in [0.2, 0.25) is 0 Å². The van der Waals surface area contributed by atoms with E-state index in [1.807, 2.05) is 23.2 Å². The summed E-state index contributed by atoms with van der Waals surface area (Å²) in [6, 6.07) is 1.88. The van der Waals surface area contributed by atoms with Crippen molar-refractivity contribution in [2.24, 2.45) is 11.7 Å². The fourth-order valence-corrected chi connectivity index (χ4v) is 3.87. The third-order valence-corrected chi connectivity index (χ3v) is 4.86. The van der Waals surface area contributed by atoms with Gasteiger partial charge in [0, 0.05) is 16.8 Å². The topological polar surface area (TPSA) is 55.1 Å². The van der Waals surface area contributed by atoms with Crippen molar-refractivity contribution in [1.29, 1.82) is 0 Å². The van der Waals surface area contributed by atoms with Crippen LogP contribution >= 0.6 is 23.1 Å². The minimum atomic E-state index is -0.338. The predicted octanol–water partition coefficient (Wildman–Crippen LogP) is 1.69. The molecule has 3 N–H and O–H groups in total.